The molecule has 0 spiro atoms. The third kappa shape index (κ3) is 16.3. The fraction of sp³-hybridized carbons (Fsp3) is 0.800. The SMILES string of the molecule is CCC[C@H](NC(=O)[C@@H](NC(=O)CCCC(=O)O)[C@@H](C)CC)C(=O)N[C@@H](CCSC)[C@@H](O)CC(=O)N[C@H](C(=O)NCC)C(C)C. The zero-order chi connectivity index (χ0) is 33.8. The zero-order valence-corrected chi connectivity index (χ0v) is 28.2. The van der Waals surface area contributed by atoms with Gasteiger partial charge in [-0.2, -0.15) is 11.8 Å². The number of aliphatic hydroxyl groups is 1. The molecule has 0 heterocycles. The monoisotopic (exact) mass is 645 g/mol. The highest BCUT2D eigenvalue weighted by Gasteiger charge is 2.32. The van der Waals surface area contributed by atoms with E-state index in [4.69, 9.17) is 5.11 Å². The summed E-state index contributed by atoms with van der Waals surface area (Å²) < 4.78 is 0. The van der Waals surface area contributed by atoms with Gasteiger partial charge < -0.3 is 36.8 Å². The summed E-state index contributed by atoms with van der Waals surface area (Å²) in [5.74, 6) is -3.21. The predicted octanol–water partition coefficient (Wildman–Crippen LogP) is 1.32. The molecule has 6 atom stereocenters. The van der Waals surface area contributed by atoms with Crippen LogP contribution in [-0.2, 0) is 28.8 Å². The highest BCUT2D eigenvalue weighted by atomic mass is 32.2. The first-order chi connectivity index (χ1) is 20.7. The Kier molecular flexibility index (Phi) is 21.1. The van der Waals surface area contributed by atoms with Crippen molar-refractivity contribution in [1.29, 1.82) is 0 Å². The van der Waals surface area contributed by atoms with Gasteiger partial charge >= 0.3 is 5.97 Å². The molecular formula is C30H55N5O8S. The summed E-state index contributed by atoms with van der Waals surface area (Å²) >= 11 is 1.51. The van der Waals surface area contributed by atoms with Gasteiger partial charge in [0.05, 0.1) is 18.6 Å². The first-order valence-electron chi connectivity index (χ1n) is 15.6. The Bertz CT molecular complexity index is 935. The minimum Gasteiger partial charge on any atom is -0.481 e. The van der Waals surface area contributed by atoms with Crippen LogP contribution in [0.2, 0.25) is 0 Å². The van der Waals surface area contributed by atoms with Crippen molar-refractivity contribution in [3.05, 3.63) is 0 Å². The maximum atomic E-state index is 13.4. The molecule has 0 bridgehead atoms. The van der Waals surface area contributed by atoms with Crippen molar-refractivity contribution in [2.24, 2.45) is 11.8 Å². The van der Waals surface area contributed by atoms with Crippen LogP contribution in [0.15, 0.2) is 0 Å². The number of carbonyl (C=O) groups excluding carboxylic acids is 5. The van der Waals surface area contributed by atoms with E-state index in [0.717, 1.165) is 0 Å². The number of hydrogen-bond donors (Lipinski definition) is 7. The van der Waals surface area contributed by atoms with Crippen LogP contribution in [0.3, 0.4) is 0 Å². The molecule has 0 fully saturated rings. The molecule has 0 aromatic heterocycles. The van der Waals surface area contributed by atoms with Gasteiger partial charge in [0.2, 0.25) is 29.5 Å². The Balaban J connectivity index is 5.62. The van der Waals surface area contributed by atoms with E-state index in [0.29, 0.717) is 38.0 Å². The molecule has 0 saturated heterocycles. The van der Waals surface area contributed by atoms with E-state index in [-0.39, 0.29) is 43.4 Å². The van der Waals surface area contributed by atoms with Gasteiger partial charge in [0.15, 0.2) is 0 Å². The number of hydrogen-bond acceptors (Lipinski definition) is 8. The summed E-state index contributed by atoms with van der Waals surface area (Å²) in [6.07, 6.45) is 2.01. The molecule has 0 radical (unpaired) electrons. The third-order valence-corrected chi connectivity index (χ3v) is 7.90. The second-order valence-corrected chi connectivity index (χ2v) is 12.4. The minimum absolute atomic E-state index is 0.0465. The number of rotatable bonds is 23. The lowest BCUT2D eigenvalue weighted by Gasteiger charge is -2.29. The van der Waals surface area contributed by atoms with Crippen molar-refractivity contribution >= 4 is 47.3 Å². The molecule has 0 aliphatic heterocycles. The van der Waals surface area contributed by atoms with Gasteiger partial charge in [-0.05, 0) is 50.0 Å². The molecule has 0 saturated carbocycles. The van der Waals surface area contributed by atoms with Crippen molar-refractivity contribution in [3.8, 4) is 0 Å². The van der Waals surface area contributed by atoms with Crippen molar-refractivity contribution in [3.63, 3.8) is 0 Å². The average molecular weight is 646 g/mol. The average Bonchev–Trinajstić information content (AvgIpc) is 2.95. The molecule has 0 aliphatic rings. The molecule has 0 aromatic rings. The number of carboxylic acid groups (broad SMARTS) is 1. The van der Waals surface area contributed by atoms with Crippen LogP contribution in [0.4, 0.5) is 0 Å². The van der Waals surface area contributed by atoms with Gasteiger partial charge in [0.25, 0.3) is 0 Å². The van der Waals surface area contributed by atoms with E-state index in [1.807, 2.05) is 20.1 Å². The highest BCUT2D eigenvalue weighted by molar-refractivity contribution is 7.98. The van der Waals surface area contributed by atoms with Crippen molar-refractivity contribution < 1.29 is 39.0 Å². The molecule has 254 valence electrons. The molecule has 44 heavy (non-hydrogen) atoms. The van der Waals surface area contributed by atoms with E-state index in [1.165, 1.54) is 11.8 Å². The number of likely N-dealkylation sites (N-methyl/N-ethyl adjacent to an activating group) is 1. The van der Waals surface area contributed by atoms with Crippen LogP contribution in [-0.4, -0.2) is 94.5 Å². The van der Waals surface area contributed by atoms with Gasteiger partial charge in [0, 0.05) is 19.4 Å². The summed E-state index contributed by atoms with van der Waals surface area (Å²) in [4.78, 5) is 75.1. The molecule has 14 heteroatoms. The summed E-state index contributed by atoms with van der Waals surface area (Å²) in [7, 11) is 0. The van der Waals surface area contributed by atoms with Crippen molar-refractivity contribution in [1.82, 2.24) is 26.6 Å². The molecule has 0 rings (SSSR count). The first kappa shape index (κ1) is 41.1. The number of aliphatic hydroxyl groups excluding tert-OH is 1. The maximum Gasteiger partial charge on any atom is 0.303 e. The largest absolute Gasteiger partial charge is 0.481 e. The normalized spacial score (nSPS) is 15.2. The van der Waals surface area contributed by atoms with E-state index < -0.39 is 59.9 Å². The van der Waals surface area contributed by atoms with E-state index in [1.54, 1.807) is 27.7 Å². The molecule has 7 N–H and O–H groups in total. The van der Waals surface area contributed by atoms with Crippen LogP contribution >= 0.6 is 11.8 Å². The van der Waals surface area contributed by atoms with Crippen molar-refractivity contribution in [2.75, 3.05) is 18.6 Å². The lowest BCUT2D eigenvalue weighted by atomic mass is 9.97. The van der Waals surface area contributed by atoms with Crippen molar-refractivity contribution in [2.45, 2.75) is 123 Å². The van der Waals surface area contributed by atoms with Crippen LogP contribution in [0.1, 0.15) is 92.9 Å². The standard InChI is InChI=1S/C30H55N5O8S/c1-8-12-21(33-30(43)27(19(6)9-2)34-23(37)13-11-14-25(39)40)28(41)32-20(15-16-44-7)22(36)17-24(38)35-26(18(4)5)29(42)31-10-3/h18-22,26-27,36H,8-17H2,1-7H3,(H,31,42)(H,32,41)(H,33,43)(H,34,37)(H,35,38)(H,39,40)/t19-,20-,21-,22-,26-,27-/m0/s1. The second kappa shape index (κ2) is 22.6. The van der Waals surface area contributed by atoms with Gasteiger partial charge in [-0.25, -0.2) is 0 Å². The maximum absolute atomic E-state index is 13.4. The van der Waals surface area contributed by atoms with Gasteiger partial charge in [0.1, 0.15) is 18.1 Å². The number of thioether (sulfide) groups is 1. The Morgan fingerprint density at radius 2 is 1.41 bits per heavy atom. The fourth-order valence-corrected chi connectivity index (χ4v) is 4.93. The summed E-state index contributed by atoms with van der Waals surface area (Å²) in [6, 6.07) is -3.44. The van der Waals surface area contributed by atoms with Gasteiger partial charge in [-0.15, -0.1) is 0 Å². The molecule has 0 aromatic carbocycles. The van der Waals surface area contributed by atoms with E-state index >= 15 is 0 Å². The lowest BCUT2D eigenvalue weighted by molar-refractivity contribution is -0.137. The summed E-state index contributed by atoms with van der Waals surface area (Å²) in [5.41, 5.74) is 0. The summed E-state index contributed by atoms with van der Waals surface area (Å²) in [5, 5.41) is 33.4. The lowest BCUT2D eigenvalue weighted by Crippen LogP contribution is -2.57. The van der Waals surface area contributed by atoms with Crippen LogP contribution in [0, 0.1) is 11.8 Å². The Hall–Kier alpha value is -2.87. The zero-order valence-electron chi connectivity index (χ0n) is 27.4. The smallest absolute Gasteiger partial charge is 0.303 e. The molecular weight excluding hydrogens is 590 g/mol. The second-order valence-electron chi connectivity index (χ2n) is 11.4. The number of carboxylic acids is 1. The number of amides is 5. The molecule has 0 aliphatic carbocycles. The number of carbonyl (C=O) groups is 6. The van der Waals surface area contributed by atoms with Gasteiger partial charge in [-0.3, -0.25) is 28.8 Å². The molecule has 0 unspecified atom stereocenters. The quantitative estimate of drug-likeness (QED) is 0.0855. The predicted molar refractivity (Wildman–Crippen MR) is 171 cm³/mol. The summed E-state index contributed by atoms with van der Waals surface area (Å²) in [6.45, 7) is 11.3. The van der Waals surface area contributed by atoms with Crippen LogP contribution < -0.4 is 26.6 Å². The first-order valence-corrected chi connectivity index (χ1v) is 17.0. The number of aliphatic carboxylic acids is 1. The van der Waals surface area contributed by atoms with E-state index in [9.17, 15) is 33.9 Å². The molecule has 13 nitrogen and oxygen atoms in total. The molecule has 5 amide bonds. The van der Waals surface area contributed by atoms with Crippen LogP contribution in [0.25, 0.3) is 0 Å². The number of nitrogens with one attached hydrogen (secondary N) is 5. The van der Waals surface area contributed by atoms with Crippen LogP contribution in [0.5, 0.6) is 0 Å². The highest BCUT2D eigenvalue weighted by Crippen LogP contribution is 2.13. The minimum atomic E-state index is -1.25. The Morgan fingerprint density at radius 1 is 0.773 bits per heavy atom. The Morgan fingerprint density at radius 3 is 1.93 bits per heavy atom. The topological polar surface area (TPSA) is 203 Å². The third-order valence-electron chi connectivity index (χ3n) is 7.25. The Labute approximate surface area is 266 Å². The van der Waals surface area contributed by atoms with Gasteiger partial charge in [-0.1, -0.05) is 47.5 Å². The van der Waals surface area contributed by atoms with E-state index in [2.05, 4.69) is 26.6 Å². The fourth-order valence-electron chi connectivity index (χ4n) is 4.44.